The number of rotatable bonds is 6. The Morgan fingerprint density at radius 2 is 1.95 bits per heavy atom. The highest BCUT2D eigenvalue weighted by Crippen LogP contribution is 2.40. The number of aldehydes is 1. The summed E-state index contributed by atoms with van der Waals surface area (Å²) in [4.78, 5) is 23.8. The lowest BCUT2D eigenvalue weighted by Crippen LogP contribution is -2.21. The maximum atomic E-state index is 12.1. The van der Waals surface area contributed by atoms with Gasteiger partial charge in [-0.25, -0.2) is 0 Å². The summed E-state index contributed by atoms with van der Waals surface area (Å²) in [6.45, 7) is 5.43. The minimum absolute atomic E-state index is 0.0553. The van der Waals surface area contributed by atoms with Crippen LogP contribution in [-0.2, 0) is 14.3 Å². The first-order valence-corrected chi connectivity index (χ1v) is 7.72. The van der Waals surface area contributed by atoms with Crippen molar-refractivity contribution >= 4 is 12.1 Å². The number of hydrogen-bond acceptors (Lipinski definition) is 3. The molecule has 1 atom stereocenters. The number of allylic oxidation sites excluding steroid dienone is 4. The third-order valence-corrected chi connectivity index (χ3v) is 3.97. The molecule has 0 radical (unpaired) electrons. The molecule has 0 amide bonds. The van der Waals surface area contributed by atoms with E-state index in [9.17, 15) is 9.59 Å². The van der Waals surface area contributed by atoms with Gasteiger partial charge in [0, 0.05) is 23.5 Å². The van der Waals surface area contributed by atoms with Crippen molar-refractivity contribution in [3.8, 4) is 0 Å². The van der Waals surface area contributed by atoms with Crippen LogP contribution in [0.1, 0.15) is 51.5 Å². The molecule has 0 aromatic heterocycles. The molecule has 116 valence electrons. The number of unbranched alkanes of at least 4 members (excludes halogenated alkanes) is 1. The Kier molecular flexibility index (Phi) is 5.31. The van der Waals surface area contributed by atoms with Crippen LogP contribution in [0, 0.1) is 0 Å². The highest BCUT2D eigenvalue weighted by molar-refractivity contribution is 5.98. The molecule has 3 nitrogen and oxygen atoms in total. The van der Waals surface area contributed by atoms with Gasteiger partial charge in [-0.2, -0.15) is 0 Å². The van der Waals surface area contributed by atoms with E-state index >= 15 is 0 Å². The van der Waals surface area contributed by atoms with Gasteiger partial charge in [0.1, 0.15) is 17.8 Å². The van der Waals surface area contributed by atoms with Crippen molar-refractivity contribution in [1.29, 1.82) is 0 Å². The van der Waals surface area contributed by atoms with E-state index in [-0.39, 0.29) is 11.7 Å². The van der Waals surface area contributed by atoms with E-state index in [0.717, 1.165) is 31.1 Å². The van der Waals surface area contributed by atoms with Crippen LogP contribution in [0.15, 0.2) is 53.0 Å². The SMILES string of the molecule is CCCCC1=C(C=O)C(c2ccccc2)C(C(C)=O)=C(C)O1. The number of carbonyl (C=O) groups is 2. The molecule has 0 saturated carbocycles. The largest absolute Gasteiger partial charge is 0.465 e. The molecule has 0 saturated heterocycles. The fourth-order valence-corrected chi connectivity index (χ4v) is 2.93. The van der Waals surface area contributed by atoms with E-state index in [2.05, 4.69) is 6.92 Å². The van der Waals surface area contributed by atoms with E-state index in [1.807, 2.05) is 30.3 Å². The predicted molar refractivity (Wildman–Crippen MR) is 86.3 cm³/mol. The Labute approximate surface area is 131 Å². The van der Waals surface area contributed by atoms with Crippen molar-refractivity contribution in [3.63, 3.8) is 0 Å². The first-order valence-electron chi connectivity index (χ1n) is 7.72. The van der Waals surface area contributed by atoms with Crippen molar-refractivity contribution in [2.24, 2.45) is 0 Å². The number of ketones is 1. The van der Waals surface area contributed by atoms with Crippen LogP contribution in [0.4, 0.5) is 0 Å². The topological polar surface area (TPSA) is 43.4 Å². The lowest BCUT2D eigenvalue weighted by Gasteiger charge is -2.29. The van der Waals surface area contributed by atoms with Gasteiger partial charge in [0.25, 0.3) is 0 Å². The maximum absolute atomic E-state index is 12.1. The molecule has 0 fully saturated rings. The quantitative estimate of drug-likeness (QED) is 0.735. The van der Waals surface area contributed by atoms with Crippen molar-refractivity contribution in [3.05, 3.63) is 58.6 Å². The third kappa shape index (κ3) is 3.19. The Bertz CT molecular complexity index is 623. The van der Waals surface area contributed by atoms with Crippen LogP contribution < -0.4 is 0 Å². The molecule has 1 aliphatic rings. The molecule has 0 bridgehead atoms. The molecular weight excluding hydrogens is 276 g/mol. The highest BCUT2D eigenvalue weighted by Gasteiger charge is 2.33. The molecule has 1 aromatic carbocycles. The number of hydrogen-bond donors (Lipinski definition) is 0. The van der Waals surface area contributed by atoms with Gasteiger partial charge >= 0.3 is 0 Å². The summed E-state index contributed by atoms with van der Waals surface area (Å²) in [6, 6.07) is 9.67. The van der Waals surface area contributed by atoms with Gasteiger partial charge in [0.05, 0.1) is 0 Å². The van der Waals surface area contributed by atoms with Crippen LogP contribution in [0.25, 0.3) is 0 Å². The number of carbonyl (C=O) groups excluding carboxylic acids is 2. The Balaban J connectivity index is 2.56. The Morgan fingerprint density at radius 1 is 1.27 bits per heavy atom. The van der Waals surface area contributed by atoms with Gasteiger partial charge in [-0.15, -0.1) is 0 Å². The monoisotopic (exact) mass is 298 g/mol. The van der Waals surface area contributed by atoms with E-state index in [1.54, 1.807) is 6.92 Å². The van der Waals surface area contributed by atoms with Gasteiger partial charge in [0.15, 0.2) is 5.78 Å². The van der Waals surface area contributed by atoms with Crippen molar-refractivity contribution in [2.75, 3.05) is 0 Å². The fraction of sp³-hybridized carbons (Fsp3) is 0.368. The van der Waals surface area contributed by atoms with E-state index < -0.39 is 0 Å². The second kappa shape index (κ2) is 7.21. The Hall–Kier alpha value is -2.16. The summed E-state index contributed by atoms with van der Waals surface area (Å²) in [5, 5.41) is 0. The summed E-state index contributed by atoms with van der Waals surface area (Å²) >= 11 is 0. The molecule has 0 aliphatic carbocycles. The Morgan fingerprint density at radius 3 is 2.50 bits per heavy atom. The predicted octanol–water partition coefficient (Wildman–Crippen LogP) is 4.31. The molecular formula is C19H22O3. The van der Waals surface area contributed by atoms with Gasteiger partial charge < -0.3 is 4.74 Å². The standard InChI is InChI=1S/C19H22O3/c1-4-5-11-17-16(12-20)19(15-9-7-6-8-10-15)18(13(2)21)14(3)22-17/h6-10,12,19H,4-5,11H2,1-3H3. The highest BCUT2D eigenvalue weighted by atomic mass is 16.5. The zero-order valence-corrected chi connectivity index (χ0v) is 13.4. The van der Waals surface area contributed by atoms with Crippen LogP contribution in [0.5, 0.6) is 0 Å². The lowest BCUT2D eigenvalue weighted by molar-refractivity contribution is -0.114. The fourth-order valence-electron chi connectivity index (χ4n) is 2.93. The molecule has 2 rings (SSSR count). The third-order valence-electron chi connectivity index (χ3n) is 3.97. The summed E-state index contributed by atoms with van der Waals surface area (Å²) < 4.78 is 5.82. The van der Waals surface area contributed by atoms with Crippen molar-refractivity contribution in [2.45, 2.75) is 46.0 Å². The van der Waals surface area contributed by atoms with E-state index in [0.29, 0.717) is 22.7 Å². The number of ether oxygens (including phenoxy) is 1. The second-order valence-corrected chi connectivity index (χ2v) is 5.57. The maximum Gasteiger partial charge on any atom is 0.160 e. The first kappa shape index (κ1) is 16.2. The average Bonchev–Trinajstić information content (AvgIpc) is 2.52. The molecule has 1 unspecified atom stereocenters. The van der Waals surface area contributed by atoms with Crippen LogP contribution in [0.3, 0.4) is 0 Å². The zero-order chi connectivity index (χ0) is 16.1. The van der Waals surface area contributed by atoms with Crippen LogP contribution in [-0.4, -0.2) is 12.1 Å². The molecule has 0 spiro atoms. The number of benzene rings is 1. The lowest BCUT2D eigenvalue weighted by atomic mass is 9.80. The minimum atomic E-state index is -0.322. The summed E-state index contributed by atoms with van der Waals surface area (Å²) in [6.07, 6.45) is 3.54. The summed E-state index contributed by atoms with van der Waals surface area (Å²) in [7, 11) is 0. The molecule has 3 heteroatoms. The summed E-state index contributed by atoms with van der Waals surface area (Å²) in [5.41, 5.74) is 2.11. The van der Waals surface area contributed by atoms with E-state index in [4.69, 9.17) is 4.74 Å². The van der Waals surface area contributed by atoms with Crippen LogP contribution in [0.2, 0.25) is 0 Å². The van der Waals surface area contributed by atoms with Gasteiger partial charge in [-0.1, -0.05) is 43.7 Å². The molecule has 22 heavy (non-hydrogen) atoms. The molecule has 1 heterocycles. The summed E-state index contributed by atoms with van der Waals surface area (Å²) in [5.74, 6) is 0.934. The smallest absolute Gasteiger partial charge is 0.160 e. The van der Waals surface area contributed by atoms with E-state index in [1.165, 1.54) is 6.92 Å². The van der Waals surface area contributed by atoms with Crippen molar-refractivity contribution < 1.29 is 14.3 Å². The van der Waals surface area contributed by atoms with Gasteiger partial charge in [-0.3, -0.25) is 9.59 Å². The molecule has 1 aliphatic heterocycles. The van der Waals surface area contributed by atoms with Crippen LogP contribution >= 0.6 is 0 Å². The van der Waals surface area contributed by atoms with Gasteiger partial charge in [-0.05, 0) is 25.8 Å². The second-order valence-electron chi connectivity index (χ2n) is 5.57. The van der Waals surface area contributed by atoms with Crippen molar-refractivity contribution in [1.82, 2.24) is 0 Å². The first-order chi connectivity index (χ1) is 10.6. The zero-order valence-electron chi connectivity index (χ0n) is 13.4. The normalized spacial score (nSPS) is 18.2. The molecule has 1 aromatic rings. The minimum Gasteiger partial charge on any atom is -0.465 e. The molecule has 0 N–H and O–H groups in total. The van der Waals surface area contributed by atoms with Gasteiger partial charge in [0.2, 0.25) is 0 Å². The average molecular weight is 298 g/mol. The number of Topliss-reactive ketones (excluding diaryl/α,β-unsaturated/α-hetero) is 1.